The van der Waals surface area contributed by atoms with E-state index in [9.17, 15) is 18.0 Å². The smallest absolute Gasteiger partial charge is 0.401 e. The molecule has 2 N–H and O–H groups in total. The van der Waals surface area contributed by atoms with Crippen LogP contribution in [0.15, 0.2) is 18.3 Å². The van der Waals surface area contributed by atoms with E-state index >= 15 is 0 Å². The normalized spacial score (nSPS) is 11.8. The van der Waals surface area contributed by atoms with Crippen molar-refractivity contribution < 1.29 is 28.2 Å². The van der Waals surface area contributed by atoms with Crippen molar-refractivity contribution in [1.82, 2.24) is 9.88 Å². The molecule has 0 saturated heterocycles. The molecule has 1 aromatic rings. The number of halogens is 3. The third kappa shape index (κ3) is 5.66. The number of hydrogen-bond donors (Lipinski definition) is 2. The highest BCUT2D eigenvalue weighted by atomic mass is 19.4. The number of nitrogens with zero attached hydrogens (tertiary/aromatic N) is 2. The van der Waals surface area contributed by atoms with Gasteiger partial charge in [0.1, 0.15) is 0 Å². The van der Waals surface area contributed by atoms with Crippen LogP contribution in [0.3, 0.4) is 0 Å². The summed E-state index contributed by atoms with van der Waals surface area (Å²) < 4.78 is 36.8. The molecular formula is C11H13F3N2O3. The Kier molecular flexibility index (Phi) is 5.25. The second-order valence-corrected chi connectivity index (χ2v) is 3.89. The van der Waals surface area contributed by atoms with Crippen molar-refractivity contribution in [2.45, 2.75) is 12.7 Å². The molecular weight excluding hydrogens is 265 g/mol. The number of aliphatic hydroxyl groups is 1. The third-order valence-electron chi connectivity index (χ3n) is 2.28. The first kappa shape index (κ1) is 15.4. The highest BCUT2D eigenvalue weighted by Crippen LogP contribution is 2.17. The Morgan fingerprint density at radius 2 is 2.05 bits per heavy atom. The van der Waals surface area contributed by atoms with Crippen molar-refractivity contribution in [3.63, 3.8) is 0 Å². The van der Waals surface area contributed by atoms with Crippen LogP contribution in [0.25, 0.3) is 0 Å². The quantitative estimate of drug-likeness (QED) is 0.816. The Balaban J connectivity index is 2.70. The number of rotatable bonds is 6. The topological polar surface area (TPSA) is 73.7 Å². The van der Waals surface area contributed by atoms with Gasteiger partial charge >= 0.3 is 12.1 Å². The Hall–Kier alpha value is -1.67. The molecule has 1 heterocycles. The van der Waals surface area contributed by atoms with Crippen LogP contribution in [0.5, 0.6) is 0 Å². The van der Waals surface area contributed by atoms with Crippen LogP contribution < -0.4 is 0 Å². The minimum absolute atomic E-state index is 0.0340. The minimum atomic E-state index is -4.36. The second-order valence-electron chi connectivity index (χ2n) is 3.89. The largest absolute Gasteiger partial charge is 0.478 e. The van der Waals surface area contributed by atoms with Crippen molar-refractivity contribution in [3.05, 3.63) is 29.6 Å². The number of alkyl halides is 3. The van der Waals surface area contributed by atoms with Gasteiger partial charge < -0.3 is 10.2 Å². The third-order valence-corrected chi connectivity index (χ3v) is 2.28. The molecule has 106 valence electrons. The lowest BCUT2D eigenvalue weighted by atomic mass is 10.2. The van der Waals surface area contributed by atoms with E-state index in [4.69, 9.17) is 10.2 Å². The molecule has 0 aliphatic heterocycles. The number of carboxylic acid groups (broad SMARTS) is 1. The number of aromatic nitrogens is 1. The van der Waals surface area contributed by atoms with Crippen LogP contribution in [-0.4, -0.2) is 51.9 Å². The van der Waals surface area contributed by atoms with E-state index in [1.54, 1.807) is 0 Å². The summed E-state index contributed by atoms with van der Waals surface area (Å²) in [5.74, 6) is -1.15. The van der Waals surface area contributed by atoms with Crippen molar-refractivity contribution >= 4 is 5.97 Å². The van der Waals surface area contributed by atoms with Crippen LogP contribution in [0, 0.1) is 0 Å². The molecule has 0 radical (unpaired) electrons. The first-order chi connectivity index (χ1) is 8.81. The van der Waals surface area contributed by atoms with Crippen molar-refractivity contribution in [2.75, 3.05) is 19.7 Å². The Morgan fingerprint density at radius 1 is 1.37 bits per heavy atom. The van der Waals surface area contributed by atoms with Gasteiger partial charge in [0, 0.05) is 19.3 Å². The highest BCUT2D eigenvalue weighted by Gasteiger charge is 2.30. The minimum Gasteiger partial charge on any atom is -0.478 e. The maximum Gasteiger partial charge on any atom is 0.401 e. The zero-order valence-corrected chi connectivity index (χ0v) is 9.89. The lowest BCUT2D eigenvalue weighted by Gasteiger charge is -2.22. The maximum absolute atomic E-state index is 12.3. The molecule has 1 aromatic heterocycles. The number of carbonyl (C=O) groups is 1. The first-order valence-corrected chi connectivity index (χ1v) is 5.40. The van der Waals surface area contributed by atoms with Gasteiger partial charge in [-0.05, 0) is 12.1 Å². The predicted molar refractivity (Wildman–Crippen MR) is 59.6 cm³/mol. The Labute approximate surface area is 107 Å². The molecule has 0 aliphatic carbocycles. The number of pyridine rings is 1. The summed E-state index contributed by atoms with van der Waals surface area (Å²) in [5.41, 5.74) is 0.274. The van der Waals surface area contributed by atoms with E-state index in [2.05, 4.69) is 4.98 Å². The molecule has 0 fully saturated rings. The van der Waals surface area contributed by atoms with Gasteiger partial charge in [-0.25, -0.2) is 4.79 Å². The fourth-order valence-electron chi connectivity index (χ4n) is 1.48. The van der Waals surface area contributed by atoms with Gasteiger partial charge in [-0.3, -0.25) is 9.88 Å². The summed E-state index contributed by atoms with van der Waals surface area (Å²) in [6.07, 6.45) is -3.28. The zero-order valence-electron chi connectivity index (χ0n) is 9.89. The average Bonchev–Trinajstić information content (AvgIpc) is 2.27. The summed E-state index contributed by atoms with van der Waals surface area (Å²) in [6, 6.07) is 2.62. The van der Waals surface area contributed by atoms with Crippen LogP contribution in [0.4, 0.5) is 13.2 Å². The lowest BCUT2D eigenvalue weighted by Crippen LogP contribution is -2.36. The fourth-order valence-corrected chi connectivity index (χ4v) is 1.48. The van der Waals surface area contributed by atoms with E-state index in [0.29, 0.717) is 5.69 Å². The van der Waals surface area contributed by atoms with E-state index in [1.165, 1.54) is 12.1 Å². The SMILES string of the molecule is O=C(O)c1ccc(CN(CCO)CC(F)(F)F)nc1. The molecule has 0 aliphatic rings. The lowest BCUT2D eigenvalue weighted by molar-refractivity contribution is -0.148. The summed E-state index contributed by atoms with van der Waals surface area (Å²) in [4.78, 5) is 15.4. The molecule has 8 heteroatoms. The van der Waals surface area contributed by atoms with Gasteiger partial charge in [0.25, 0.3) is 0 Å². The van der Waals surface area contributed by atoms with Gasteiger partial charge in [0.05, 0.1) is 24.4 Å². The molecule has 0 amide bonds. The Bertz CT molecular complexity index is 420. The molecule has 19 heavy (non-hydrogen) atoms. The van der Waals surface area contributed by atoms with Crippen molar-refractivity contribution in [2.24, 2.45) is 0 Å². The summed E-state index contributed by atoms with van der Waals surface area (Å²) >= 11 is 0. The van der Waals surface area contributed by atoms with Crippen LogP contribution in [0.2, 0.25) is 0 Å². The second kappa shape index (κ2) is 6.48. The van der Waals surface area contributed by atoms with E-state index in [0.717, 1.165) is 11.1 Å². The van der Waals surface area contributed by atoms with E-state index in [1.807, 2.05) is 0 Å². The maximum atomic E-state index is 12.3. The number of carboxylic acids is 1. The number of hydrogen-bond acceptors (Lipinski definition) is 4. The fraction of sp³-hybridized carbons (Fsp3) is 0.455. The highest BCUT2D eigenvalue weighted by molar-refractivity contribution is 5.87. The molecule has 0 spiro atoms. The summed E-state index contributed by atoms with van der Waals surface area (Å²) in [7, 11) is 0. The van der Waals surface area contributed by atoms with Crippen molar-refractivity contribution in [3.8, 4) is 0 Å². The van der Waals surface area contributed by atoms with Gasteiger partial charge in [-0.1, -0.05) is 0 Å². The van der Waals surface area contributed by atoms with Crippen molar-refractivity contribution in [1.29, 1.82) is 0 Å². The van der Waals surface area contributed by atoms with E-state index < -0.39 is 25.3 Å². The van der Waals surface area contributed by atoms with Gasteiger partial charge in [0.15, 0.2) is 0 Å². The predicted octanol–water partition coefficient (Wildman–Crippen LogP) is 1.14. The summed E-state index contributed by atoms with van der Waals surface area (Å²) in [5, 5.41) is 17.4. The molecule has 0 atom stereocenters. The van der Waals surface area contributed by atoms with Crippen LogP contribution >= 0.6 is 0 Å². The van der Waals surface area contributed by atoms with Crippen LogP contribution in [-0.2, 0) is 6.54 Å². The standard InChI is InChI=1S/C11H13F3N2O3/c12-11(13,14)7-16(3-4-17)6-9-2-1-8(5-15-9)10(18)19/h1-2,5,17H,3-4,6-7H2,(H,18,19). The van der Waals surface area contributed by atoms with Crippen LogP contribution in [0.1, 0.15) is 16.1 Å². The summed E-state index contributed by atoms with van der Waals surface area (Å²) in [6.45, 7) is -1.80. The monoisotopic (exact) mass is 278 g/mol. The molecule has 0 unspecified atom stereocenters. The number of aliphatic hydroxyl groups excluding tert-OH is 1. The Morgan fingerprint density at radius 3 is 2.47 bits per heavy atom. The molecule has 5 nitrogen and oxygen atoms in total. The van der Waals surface area contributed by atoms with Gasteiger partial charge in [0.2, 0.25) is 0 Å². The molecule has 0 saturated carbocycles. The van der Waals surface area contributed by atoms with E-state index in [-0.39, 0.29) is 18.7 Å². The number of aromatic carboxylic acids is 1. The first-order valence-electron chi connectivity index (χ1n) is 5.40. The molecule has 1 rings (SSSR count). The van der Waals surface area contributed by atoms with Gasteiger partial charge in [-0.2, -0.15) is 13.2 Å². The molecule has 0 bridgehead atoms. The van der Waals surface area contributed by atoms with Gasteiger partial charge in [-0.15, -0.1) is 0 Å². The zero-order chi connectivity index (χ0) is 14.5. The average molecular weight is 278 g/mol. The molecule has 0 aromatic carbocycles.